The molecule has 1 aromatic carbocycles. The topological polar surface area (TPSA) is 83.6 Å². The first kappa shape index (κ1) is 12.2. The lowest BCUT2D eigenvalue weighted by Gasteiger charge is -2.13. The fourth-order valence-electron chi connectivity index (χ4n) is 0.708. The minimum atomic E-state index is -4.34. The second-order valence-electron chi connectivity index (χ2n) is 2.11. The molecule has 13 heavy (non-hydrogen) atoms. The normalized spacial score (nSPS) is 10.3. The van der Waals surface area contributed by atoms with Gasteiger partial charge in [0.15, 0.2) is 0 Å². The van der Waals surface area contributed by atoms with Crippen LogP contribution in [0.2, 0.25) is 0 Å². The van der Waals surface area contributed by atoms with Gasteiger partial charge in [-0.2, -0.15) is 12.8 Å². The van der Waals surface area contributed by atoms with Crippen molar-refractivity contribution in [3.05, 3.63) is 30.3 Å². The summed E-state index contributed by atoms with van der Waals surface area (Å²) in [5.41, 5.74) is 0.208. The molecule has 0 aromatic heterocycles. The molecule has 0 aliphatic carbocycles. The number of anilines is 1. The van der Waals surface area contributed by atoms with Gasteiger partial charge in [0.05, 0.1) is 5.69 Å². The van der Waals surface area contributed by atoms with Crippen LogP contribution >= 0.6 is 12.4 Å². The molecule has 0 atom stereocenters. The maximum absolute atomic E-state index is 10.5. The summed E-state index contributed by atoms with van der Waals surface area (Å²) in [6.07, 6.45) is 0. The van der Waals surface area contributed by atoms with Gasteiger partial charge in [-0.25, -0.2) is 5.84 Å². The van der Waals surface area contributed by atoms with Crippen LogP contribution < -0.4 is 10.3 Å². The van der Waals surface area contributed by atoms with E-state index in [2.05, 4.69) is 0 Å². The van der Waals surface area contributed by atoms with Gasteiger partial charge in [0.25, 0.3) is 0 Å². The quantitative estimate of drug-likeness (QED) is 0.438. The number of hydrazine groups is 1. The first-order valence-electron chi connectivity index (χ1n) is 3.09. The van der Waals surface area contributed by atoms with Gasteiger partial charge in [-0.15, -0.1) is 12.4 Å². The van der Waals surface area contributed by atoms with Crippen LogP contribution in [0.5, 0.6) is 0 Å². The number of halogens is 1. The smallest absolute Gasteiger partial charge is 0.268 e. The second kappa shape index (κ2) is 4.43. The van der Waals surface area contributed by atoms with E-state index in [1.54, 1.807) is 18.2 Å². The number of para-hydroxylation sites is 1. The third kappa shape index (κ3) is 3.19. The molecule has 0 radical (unpaired) electrons. The van der Waals surface area contributed by atoms with Gasteiger partial charge in [0.2, 0.25) is 0 Å². The highest BCUT2D eigenvalue weighted by molar-refractivity contribution is 7.87. The summed E-state index contributed by atoms with van der Waals surface area (Å²) in [6.45, 7) is 0. The van der Waals surface area contributed by atoms with Gasteiger partial charge in [-0.1, -0.05) is 18.2 Å². The Balaban J connectivity index is 0.00000144. The molecule has 5 nitrogen and oxygen atoms in total. The maximum atomic E-state index is 10.5. The van der Waals surface area contributed by atoms with Crippen LogP contribution in [-0.4, -0.2) is 13.0 Å². The largest absolute Gasteiger partial charge is 0.373 e. The summed E-state index contributed by atoms with van der Waals surface area (Å²) in [6, 6.07) is 7.86. The number of nitrogens with two attached hydrogens (primary N) is 1. The second-order valence-corrected chi connectivity index (χ2v) is 3.40. The van der Waals surface area contributed by atoms with Gasteiger partial charge >= 0.3 is 10.3 Å². The zero-order valence-electron chi connectivity index (χ0n) is 6.49. The molecule has 0 spiro atoms. The van der Waals surface area contributed by atoms with Crippen LogP contribution in [0, 0.1) is 0 Å². The Morgan fingerprint density at radius 1 is 1.23 bits per heavy atom. The van der Waals surface area contributed by atoms with E-state index in [1.165, 1.54) is 12.1 Å². The van der Waals surface area contributed by atoms with E-state index >= 15 is 0 Å². The van der Waals surface area contributed by atoms with E-state index in [0.29, 0.717) is 4.41 Å². The molecule has 74 valence electrons. The summed E-state index contributed by atoms with van der Waals surface area (Å²) in [4.78, 5) is 0. The van der Waals surface area contributed by atoms with Crippen LogP contribution in [-0.2, 0) is 10.3 Å². The molecule has 0 aliphatic heterocycles. The number of nitrogens with zero attached hydrogens (tertiary/aromatic N) is 1. The Labute approximate surface area is 82.4 Å². The Kier molecular flexibility index (Phi) is 4.15. The van der Waals surface area contributed by atoms with Crippen molar-refractivity contribution < 1.29 is 13.0 Å². The average molecular weight is 225 g/mol. The van der Waals surface area contributed by atoms with Crippen molar-refractivity contribution >= 4 is 28.4 Å². The van der Waals surface area contributed by atoms with E-state index in [-0.39, 0.29) is 18.1 Å². The van der Waals surface area contributed by atoms with Crippen LogP contribution in [0.3, 0.4) is 0 Å². The highest BCUT2D eigenvalue weighted by Crippen LogP contribution is 2.11. The molecule has 0 heterocycles. The summed E-state index contributed by atoms with van der Waals surface area (Å²) in [5.74, 6) is 5.07. The molecule has 0 aliphatic rings. The monoisotopic (exact) mass is 224 g/mol. The third-order valence-corrected chi connectivity index (χ3v) is 1.97. The lowest BCUT2D eigenvalue weighted by molar-refractivity contribution is 0.478. The van der Waals surface area contributed by atoms with Crippen molar-refractivity contribution in [1.82, 2.24) is 0 Å². The predicted octanol–water partition coefficient (Wildman–Crippen LogP) is 0.591. The zero-order chi connectivity index (χ0) is 9.19. The van der Waals surface area contributed by atoms with Crippen molar-refractivity contribution in [2.45, 2.75) is 0 Å². The Hall–Kier alpha value is -0.820. The molecule has 1 aromatic rings. The van der Waals surface area contributed by atoms with Gasteiger partial charge in [0.1, 0.15) is 0 Å². The van der Waals surface area contributed by atoms with E-state index in [4.69, 9.17) is 10.4 Å². The molecule has 0 fully saturated rings. The Bertz CT molecular complexity index is 353. The molecular weight excluding hydrogens is 216 g/mol. The van der Waals surface area contributed by atoms with Crippen LogP contribution in [0.25, 0.3) is 0 Å². The highest BCUT2D eigenvalue weighted by Gasteiger charge is 2.13. The number of hydrogen-bond donors (Lipinski definition) is 2. The fourth-order valence-corrected chi connectivity index (χ4v) is 1.10. The van der Waals surface area contributed by atoms with Crippen molar-refractivity contribution in [2.75, 3.05) is 4.41 Å². The molecule has 0 amide bonds. The molecule has 7 heteroatoms. The summed E-state index contributed by atoms with van der Waals surface area (Å²) < 4.78 is 29.8. The van der Waals surface area contributed by atoms with E-state index in [9.17, 15) is 8.42 Å². The predicted molar refractivity (Wildman–Crippen MR) is 51.9 cm³/mol. The highest BCUT2D eigenvalue weighted by atomic mass is 35.5. The Morgan fingerprint density at radius 2 is 1.69 bits per heavy atom. The lowest BCUT2D eigenvalue weighted by Crippen LogP contribution is -2.36. The van der Waals surface area contributed by atoms with E-state index in [0.717, 1.165) is 0 Å². The first-order valence-corrected chi connectivity index (χ1v) is 4.49. The number of hydrogen-bond acceptors (Lipinski definition) is 3. The minimum Gasteiger partial charge on any atom is -0.268 e. The van der Waals surface area contributed by atoms with Gasteiger partial charge in [-0.05, 0) is 12.1 Å². The van der Waals surface area contributed by atoms with E-state index in [1.807, 2.05) is 0 Å². The van der Waals surface area contributed by atoms with Crippen LogP contribution in [0.4, 0.5) is 5.69 Å². The van der Waals surface area contributed by atoms with Crippen molar-refractivity contribution in [2.24, 2.45) is 5.84 Å². The maximum Gasteiger partial charge on any atom is 0.373 e. The molecule has 0 saturated heterocycles. The van der Waals surface area contributed by atoms with Gasteiger partial charge in [0, 0.05) is 0 Å². The van der Waals surface area contributed by atoms with Crippen LogP contribution in [0.15, 0.2) is 30.3 Å². The SMILES string of the molecule is Cl.NN(c1ccccc1)S(=O)(=O)O. The van der Waals surface area contributed by atoms with Crippen molar-refractivity contribution in [3.8, 4) is 0 Å². The number of rotatable bonds is 2. The van der Waals surface area contributed by atoms with Crippen molar-refractivity contribution in [3.63, 3.8) is 0 Å². The molecule has 0 saturated carbocycles. The fraction of sp³-hybridized carbons (Fsp3) is 0. The van der Waals surface area contributed by atoms with Crippen LogP contribution in [0.1, 0.15) is 0 Å². The first-order chi connectivity index (χ1) is 5.52. The van der Waals surface area contributed by atoms with Gasteiger partial charge in [-0.3, -0.25) is 4.55 Å². The van der Waals surface area contributed by atoms with Gasteiger partial charge < -0.3 is 0 Å². The molecule has 1 rings (SSSR count). The molecule has 0 bridgehead atoms. The molecule has 3 N–H and O–H groups in total. The molecule has 0 unspecified atom stereocenters. The summed E-state index contributed by atoms with van der Waals surface area (Å²) in [5, 5.41) is 0. The Morgan fingerprint density at radius 3 is 2.08 bits per heavy atom. The average Bonchev–Trinajstić information content (AvgIpc) is 2.03. The summed E-state index contributed by atoms with van der Waals surface area (Å²) in [7, 11) is -4.34. The zero-order valence-corrected chi connectivity index (χ0v) is 8.12. The molecular formula is C6H9ClN2O3S. The van der Waals surface area contributed by atoms with E-state index < -0.39 is 10.3 Å². The minimum absolute atomic E-state index is 0. The standard InChI is InChI=1S/C6H8N2O3S.ClH/c7-8(12(9,10)11)6-4-2-1-3-5-6;/h1-5H,7H2,(H,9,10,11);1H. The number of benzene rings is 1. The third-order valence-electron chi connectivity index (χ3n) is 1.26. The summed E-state index contributed by atoms with van der Waals surface area (Å²) >= 11 is 0. The van der Waals surface area contributed by atoms with Crippen molar-refractivity contribution in [1.29, 1.82) is 0 Å². The lowest BCUT2D eigenvalue weighted by atomic mass is 10.3.